The van der Waals surface area contributed by atoms with E-state index in [1.165, 1.54) is 54.4 Å². The first-order chi connectivity index (χ1) is 21.8. The summed E-state index contributed by atoms with van der Waals surface area (Å²) in [5, 5.41) is 12.9. The fourth-order valence-electron chi connectivity index (χ4n) is 7.37. The van der Waals surface area contributed by atoms with E-state index in [1.54, 1.807) is 0 Å². The largest absolute Gasteiger partial charge is 0.464 e. The number of benzene rings is 8. The molecule has 0 aliphatic carbocycles. The average molecular weight is 561 g/mol. The molecule has 2 heterocycles. The maximum Gasteiger partial charge on any atom is 0.143 e. The first-order valence-corrected chi connectivity index (χ1v) is 15.0. The van der Waals surface area contributed by atoms with Crippen molar-refractivity contribution < 1.29 is 8.83 Å². The van der Waals surface area contributed by atoms with E-state index in [9.17, 15) is 0 Å². The Morgan fingerprint density at radius 1 is 0.341 bits per heavy atom. The second-order valence-corrected chi connectivity index (χ2v) is 11.6. The highest BCUT2D eigenvalue weighted by Crippen LogP contribution is 2.49. The van der Waals surface area contributed by atoms with E-state index in [4.69, 9.17) is 8.83 Å². The van der Waals surface area contributed by atoms with Gasteiger partial charge in [0, 0.05) is 32.7 Å². The quantitative estimate of drug-likeness (QED) is 0.197. The van der Waals surface area contributed by atoms with Gasteiger partial charge in [-0.25, -0.2) is 0 Å². The minimum atomic E-state index is 0.902. The van der Waals surface area contributed by atoms with Gasteiger partial charge in [0.1, 0.15) is 16.7 Å². The molecular weight excluding hydrogens is 536 g/mol. The minimum absolute atomic E-state index is 0.902. The molecule has 2 nitrogen and oxygen atoms in total. The normalized spacial score (nSPS) is 12.1. The van der Waals surface area contributed by atoms with Crippen molar-refractivity contribution in [3.05, 3.63) is 146 Å². The third-order valence-corrected chi connectivity index (χ3v) is 9.30. The number of fused-ring (bicyclic) bond motifs is 9. The molecule has 10 rings (SSSR count). The topological polar surface area (TPSA) is 26.3 Å². The molecule has 0 radical (unpaired) electrons. The fraction of sp³-hybridized carbons (Fsp3) is 0. The third-order valence-electron chi connectivity index (χ3n) is 9.30. The van der Waals surface area contributed by atoms with Crippen molar-refractivity contribution in [2.75, 3.05) is 0 Å². The Morgan fingerprint density at radius 2 is 0.864 bits per heavy atom. The molecule has 204 valence electrons. The molecule has 0 saturated heterocycles. The van der Waals surface area contributed by atoms with Crippen molar-refractivity contribution >= 4 is 76.0 Å². The van der Waals surface area contributed by atoms with E-state index in [2.05, 4.69) is 133 Å². The van der Waals surface area contributed by atoms with Gasteiger partial charge in [0.2, 0.25) is 0 Å². The summed E-state index contributed by atoms with van der Waals surface area (Å²) in [4.78, 5) is 0. The predicted molar refractivity (Wildman–Crippen MR) is 184 cm³/mol. The standard InChI is InChI=1S/C42H24O2/c1-2-12-26-22-39-34(21-25(26)11-1)37(24-43-39)41-31-17-6-4-15-29(31)40(30-16-5-7-18-32(30)41)35-23-36-28-14-9-10-20-38(28)44-42(36)33-19-8-3-13-27(33)35/h1-24H. The van der Waals surface area contributed by atoms with E-state index in [0.717, 1.165) is 43.9 Å². The molecule has 0 atom stereocenters. The van der Waals surface area contributed by atoms with Crippen molar-refractivity contribution in [1.82, 2.24) is 0 Å². The fourth-order valence-corrected chi connectivity index (χ4v) is 7.37. The second-order valence-electron chi connectivity index (χ2n) is 11.6. The third kappa shape index (κ3) is 3.20. The van der Waals surface area contributed by atoms with Crippen LogP contribution in [0.15, 0.2) is 155 Å². The Morgan fingerprint density at radius 3 is 1.55 bits per heavy atom. The Hall–Kier alpha value is -5.86. The van der Waals surface area contributed by atoms with Crippen molar-refractivity contribution in [1.29, 1.82) is 0 Å². The van der Waals surface area contributed by atoms with Crippen molar-refractivity contribution in [2.24, 2.45) is 0 Å². The van der Waals surface area contributed by atoms with Crippen molar-refractivity contribution in [2.45, 2.75) is 0 Å². The van der Waals surface area contributed by atoms with Gasteiger partial charge in [0.15, 0.2) is 0 Å². The molecule has 0 N–H and O–H groups in total. The summed E-state index contributed by atoms with van der Waals surface area (Å²) in [6, 6.07) is 49.9. The van der Waals surface area contributed by atoms with Crippen molar-refractivity contribution in [3.63, 3.8) is 0 Å². The molecule has 0 saturated carbocycles. The van der Waals surface area contributed by atoms with Crippen LogP contribution in [0, 0.1) is 0 Å². The van der Waals surface area contributed by atoms with Crippen LogP contribution in [0.3, 0.4) is 0 Å². The smallest absolute Gasteiger partial charge is 0.143 e. The molecule has 0 aliphatic heterocycles. The molecule has 10 aromatic rings. The summed E-state index contributed by atoms with van der Waals surface area (Å²) < 4.78 is 12.7. The molecule has 0 spiro atoms. The highest BCUT2D eigenvalue weighted by Gasteiger charge is 2.22. The summed E-state index contributed by atoms with van der Waals surface area (Å²) in [5.41, 5.74) is 7.52. The number of furan rings is 2. The first-order valence-electron chi connectivity index (χ1n) is 15.0. The lowest BCUT2D eigenvalue weighted by atomic mass is 9.84. The van der Waals surface area contributed by atoms with Gasteiger partial charge in [0.25, 0.3) is 0 Å². The zero-order valence-electron chi connectivity index (χ0n) is 23.7. The number of hydrogen-bond donors (Lipinski definition) is 0. The Kier molecular flexibility index (Phi) is 4.75. The summed E-state index contributed by atoms with van der Waals surface area (Å²) in [6.07, 6.45) is 1.94. The van der Waals surface area contributed by atoms with Gasteiger partial charge >= 0.3 is 0 Å². The van der Waals surface area contributed by atoms with Crippen molar-refractivity contribution in [3.8, 4) is 22.3 Å². The molecular formula is C42H24O2. The number of hydrogen-bond acceptors (Lipinski definition) is 2. The lowest BCUT2D eigenvalue weighted by molar-refractivity contribution is 0.617. The summed E-state index contributed by atoms with van der Waals surface area (Å²) in [7, 11) is 0. The van der Waals surface area contributed by atoms with E-state index >= 15 is 0 Å². The van der Waals surface area contributed by atoms with Crippen LogP contribution in [-0.4, -0.2) is 0 Å². The Bertz CT molecular complexity index is 2720. The van der Waals surface area contributed by atoms with Gasteiger partial charge in [-0.3, -0.25) is 0 Å². The zero-order valence-corrected chi connectivity index (χ0v) is 23.7. The highest BCUT2D eigenvalue weighted by molar-refractivity contribution is 6.28. The van der Waals surface area contributed by atoms with Crippen LogP contribution in [0.25, 0.3) is 98.3 Å². The SMILES string of the molecule is c1ccc2cc3c(-c4c5ccccc5c(-c5cc6c7ccccc7oc6c6ccccc56)c5ccccc45)coc3cc2c1. The van der Waals surface area contributed by atoms with E-state index in [1.807, 2.05) is 12.3 Å². The van der Waals surface area contributed by atoms with Crippen LogP contribution in [-0.2, 0) is 0 Å². The zero-order chi connectivity index (χ0) is 28.8. The van der Waals surface area contributed by atoms with Crippen LogP contribution < -0.4 is 0 Å². The second kappa shape index (κ2) is 8.82. The monoisotopic (exact) mass is 560 g/mol. The first kappa shape index (κ1) is 23.7. The molecule has 8 aromatic carbocycles. The van der Waals surface area contributed by atoms with Gasteiger partial charge in [-0.15, -0.1) is 0 Å². The van der Waals surface area contributed by atoms with E-state index < -0.39 is 0 Å². The van der Waals surface area contributed by atoms with Crippen LogP contribution in [0.1, 0.15) is 0 Å². The molecule has 44 heavy (non-hydrogen) atoms. The molecule has 2 aromatic heterocycles. The van der Waals surface area contributed by atoms with Gasteiger partial charge in [-0.2, -0.15) is 0 Å². The van der Waals surface area contributed by atoms with Gasteiger partial charge < -0.3 is 8.83 Å². The molecule has 0 fully saturated rings. The van der Waals surface area contributed by atoms with Gasteiger partial charge in [-0.05, 0) is 73.1 Å². The predicted octanol–water partition coefficient (Wildman–Crippen LogP) is 12.3. The summed E-state index contributed by atoms with van der Waals surface area (Å²) in [5.74, 6) is 0. The maximum atomic E-state index is 6.46. The van der Waals surface area contributed by atoms with Crippen LogP contribution in [0.2, 0.25) is 0 Å². The number of rotatable bonds is 2. The van der Waals surface area contributed by atoms with Crippen LogP contribution >= 0.6 is 0 Å². The Balaban J connectivity index is 1.37. The van der Waals surface area contributed by atoms with E-state index in [0.29, 0.717) is 0 Å². The summed E-state index contributed by atoms with van der Waals surface area (Å²) in [6.45, 7) is 0. The molecule has 0 bridgehead atoms. The minimum Gasteiger partial charge on any atom is -0.464 e. The molecule has 2 heteroatoms. The average Bonchev–Trinajstić information content (AvgIpc) is 3.67. The maximum absolute atomic E-state index is 6.46. The Labute approximate surface area is 252 Å². The molecule has 0 unspecified atom stereocenters. The van der Waals surface area contributed by atoms with Crippen LogP contribution in [0.5, 0.6) is 0 Å². The number of para-hydroxylation sites is 1. The lowest BCUT2D eigenvalue weighted by Gasteiger charge is -2.18. The highest BCUT2D eigenvalue weighted by atomic mass is 16.3. The van der Waals surface area contributed by atoms with Crippen LogP contribution in [0.4, 0.5) is 0 Å². The summed E-state index contributed by atoms with van der Waals surface area (Å²) >= 11 is 0. The molecule has 0 amide bonds. The van der Waals surface area contributed by atoms with E-state index in [-0.39, 0.29) is 0 Å². The van der Waals surface area contributed by atoms with Gasteiger partial charge in [-0.1, -0.05) is 115 Å². The van der Waals surface area contributed by atoms with Gasteiger partial charge in [0.05, 0.1) is 6.26 Å². The lowest BCUT2D eigenvalue weighted by Crippen LogP contribution is -1.91. The molecule has 0 aliphatic rings.